The normalized spacial score (nSPS) is 13.1. The molecule has 0 fully saturated rings. The van der Waals surface area contributed by atoms with E-state index in [-0.39, 0.29) is 24.8 Å². The topological polar surface area (TPSA) is 105 Å². The van der Waals surface area contributed by atoms with Gasteiger partial charge in [0.15, 0.2) is 6.61 Å². The second kappa shape index (κ2) is 8.23. The number of aliphatic hydroxyl groups excluding tert-OH is 2. The molecule has 1 aromatic rings. The van der Waals surface area contributed by atoms with Crippen molar-refractivity contribution < 1.29 is 29.3 Å². The monoisotopic (exact) mass is 297 g/mol. The molecule has 116 valence electrons. The molecule has 1 amide bonds. The fourth-order valence-corrected chi connectivity index (χ4v) is 1.62. The lowest BCUT2D eigenvalue weighted by Gasteiger charge is -2.20. The number of para-hydroxylation sites is 1. The van der Waals surface area contributed by atoms with Gasteiger partial charge in [-0.25, -0.2) is 4.79 Å². The molecule has 7 nitrogen and oxygen atoms in total. The van der Waals surface area contributed by atoms with Gasteiger partial charge in [-0.05, 0) is 6.07 Å². The van der Waals surface area contributed by atoms with Gasteiger partial charge in [-0.15, -0.1) is 0 Å². The van der Waals surface area contributed by atoms with Gasteiger partial charge >= 0.3 is 5.97 Å². The first kappa shape index (κ1) is 16.9. The zero-order chi connectivity index (χ0) is 15.8. The Bertz CT molecular complexity index is 490. The minimum absolute atomic E-state index is 0.0954. The molecule has 0 saturated heterocycles. The quantitative estimate of drug-likeness (QED) is 0.600. The fourth-order valence-electron chi connectivity index (χ4n) is 1.62. The van der Waals surface area contributed by atoms with Crippen LogP contribution >= 0.6 is 0 Å². The summed E-state index contributed by atoms with van der Waals surface area (Å²) < 4.78 is 9.72. The lowest BCUT2D eigenvalue weighted by molar-refractivity contribution is -0.143. The highest BCUT2D eigenvalue weighted by Gasteiger charge is 2.22. The largest absolute Gasteiger partial charge is 0.482 e. The third kappa shape index (κ3) is 5.41. The van der Waals surface area contributed by atoms with Crippen LogP contribution in [0.2, 0.25) is 0 Å². The first-order valence-electron chi connectivity index (χ1n) is 6.34. The second-order valence-corrected chi connectivity index (χ2v) is 4.35. The van der Waals surface area contributed by atoms with Gasteiger partial charge < -0.3 is 25.0 Å². The number of nitrogens with one attached hydrogen (secondary N) is 1. The Morgan fingerprint density at radius 2 is 1.95 bits per heavy atom. The highest BCUT2D eigenvalue weighted by Crippen LogP contribution is 2.27. The molecule has 0 bridgehead atoms. The molecule has 1 aromatic carbocycles. The van der Waals surface area contributed by atoms with Crippen molar-refractivity contribution in [2.75, 3.05) is 20.3 Å². The van der Waals surface area contributed by atoms with Crippen LogP contribution in [0.25, 0.3) is 0 Å². The number of hydrogen-bond acceptors (Lipinski definition) is 6. The number of esters is 1. The summed E-state index contributed by atoms with van der Waals surface area (Å²) in [4.78, 5) is 21.9. The van der Waals surface area contributed by atoms with Gasteiger partial charge in [-0.3, -0.25) is 4.79 Å². The summed E-state index contributed by atoms with van der Waals surface area (Å²) in [6.45, 7) is 0.913. The Morgan fingerprint density at radius 1 is 1.29 bits per heavy atom. The van der Waals surface area contributed by atoms with Crippen LogP contribution in [0.5, 0.6) is 5.75 Å². The molecule has 0 aliphatic rings. The number of hydrogen-bond donors (Lipinski definition) is 3. The van der Waals surface area contributed by atoms with Crippen LogP contribution in [0.15, 0.2) is 24.3 Å². The molecule has 7 heteroatoms. The van der Waals surface area contributed by atoms with Crippen LogP contribution in [-0.4, -0.2) is 48.5 Å². The molecule has 2 atom stereocenters. The number of rotatable bonds is 7. The Balaban J connectivity index is 2.76. The smallest absolute Gasteiger partial charge is 0.343 e. The molecule has 0 aromatic heterocycles. The molecule has 3 N–H and O–H groups in total. The standard InChI is InChI=1S/C14H19NO6/c1-9(16)15-7-11(17)14(19)10-5-3-4-6-12(10)21-8-13(18)20-2/h3-6,11,14,17,19H,7-8H2,1-2H3,(H,15,16). The summed E-state index contributed by atoms with van der Waals surface area (Å²) in [7, 11) is 1.24. The number of carbonyl (C=O) groups is 2. The molecule has 0 spiro atoms. The molecular weight excluding hydrogens is 278 g/mol. The van der Waals surface area contributed by atoms with Crippen LogP contribution in [0, 0.1) is 0 Å². The van der Waals surface area contributed by atoms with Crippen molar-refractivity contribution in [2.45, 2.75) is 19.1 Å². The van der Waals surface area contributed by atoms with Crippen LogP contribution in [0.1, 0.15) is 18.6 Å². The van der Waals surface area contributed by atoms with Crippen LogP contribution < -0.4 is 10.1 Å². The van der Waals surface area contributed by atoms with Crippen molar-refractivity contribution in [3.05, 3.63) is 29.8 Å². The van der Waals surface area contributed by atoms with Gasteiger partial charge in [0.05, 0.1) is 7.11 Å². The van der Waals surface area contributed by atoms with Crippen molar-refractivity contribution in [1.82, 2.24) is 5.32 Å². The summed E-state index contributed by atoms with van der Waals surface area (Å²) in [6, 6.07) is 6.46. The molecule has 0 saturated carbocycles. The summed E-state index contributed by atoms with van der Waals surface area (Å²) in [5.74, 6) is -0.605. The number of amides is 1. The third-order valence-corrected chi connectivity index (χ3v) is 2.74. The van der Waals surface area contributed by atoms with Crippen LogP contribution in [0.3, 0.4) is 0 Å². The Labute approximate surface area is 122 Å². The van der Waals surface area contributed by atoms with E-state index in [2.05, 4.69) is 10.1 Å². The van der Waals surface area contributed by atoms with Gasteiger partial charge in [-0.2, -0.15) is 0 Å². The number of aliphatic hydroxyl groups is 2. The maximum atomic E-state index is 11.1. The number of ether oxygens (including phenoxy) is 2. The number of methoxy groups -OCH3 is 1. The SMILES string of the molecule is COC(=O)COc1ccccc1C(O)C(O)CNC(C)=O. The van der Waals surface area contributed by atoms with Gasteiger partial charge in [0.1, 0.15) is 18.0 Å². The number of benzene rings is 1. The highest BCUT2D eigenvalue weighted by atomic mass is 16.6. The summed E-state index contributed by atoms with van der Waals surface area (Å²) in [5.41, 5.74) is 0.319. The molecule has 0 aliphatic carbocycles. The van der Waals surface area contributed by atoms with Gasteiger partial charge in [-0.1, -0.05) is 18.2 Å². The van der Waals surface area contributed by atoms with Crippen molar-refractivity contribution in [3.63, 3.8) is 0 Å². The molecule has 21 heavy (non-hydrogen) atoms. The first-order valence-corrected chi connectivity index (χ1v) is 6.34. The zero-order valence-corrected chi connectivity index (χ0v) is 11.9. The average Bonchev–Trinajstić information content (AvgIpc) is 2.49. The van der Waals surface area contributed by atoms with E-state index in [0.29, 0.717) is 5.56 Å². The van der Waals surface area contributed by atoms with E-state index in [4.69, 9.17) is 4.74 Å². The first-order chi connectivity index (χ1) is 9.95. The van der Waals surface area contributed by atoms with Crippen molar-refractivity contribution in [2.24, 2.45) is 0 Å². The van der Waals surface area contributed by atoms with Crippen LogP contribution in [0.4, 0.5) is 0 Å². The van der Waals surface area contributed by atoms with E-state index in [1.54, 1.807) is 24.3 Å². The summed E-state index contributed by atoms with van der Waals surface area (Å²) in [6.07, 6.45) is -2.46. The van der Waals surface area contributed by atoms with E-state index in [1.807, 2.05) is 0 Å². The maximum Gasteiger partial charge on any atom is 0.343 e. The van der Waals surface area contributed by atoms with E-state index < -0.39 is 18.2 Å². The van der Waals surface area contributed by atoms with Crippen molar-refractivity contribution in [3.8, 4) is 5.75 Å². The van der Waals surface area contributed by atoms with Gasteiger partial charge in [0, 0.05) is 19.0 Å². The number of carbonyl (C=O) groups excluding carboxylic acids is 2. The second-order valence-electron chi connectivity index (χ2n) is 4.35. The molecule has 0 heterocycles. The van der Waals surface area contributed by atoms with Gasteiger partial charge in [0.2, 0.25) is 5.91 Å². The van der Waals surface area contributed by atoms with E-state index in [9.17, 15) is 19.8 Å². The lowest BCUT2D eigenvalue weighted by atomic mass is 10.0. The third-order valence-electron chi connectivity index (χ3n) is 2.74. The van der Waals surface area contributed by atoms with E-state index in [1.165, 1.54) is 14.0 Å². The maximum absolute atomic E-state index is 11.1. The minimum Gasteiger partial charge on any atom is -0.482 e. The average molecular weight is 297 g/mol. The molecule has 2 unspecified atom stereocenters. The predicted octanol–water partition coefficient (Wildman–Crippen LogP) is -0.231. The Morgan fingerprint density at radius 3 is 2.57 bits per heavy atom. The van der Waals surface area contributed by atoms with Gasteiger partial charge in [0.25, 0.3) is 0 Å². The molecule has 0 aliphatic heterocycles. The highest BCUT2D eigenvalue weighted by molar-refractivity contribution is 5.72. The summed E-state index contributed by atoms with van der Waals surface area (Å²) in [5, 5.41) is 22.4. The van der Waals surface area contributed by atoms with Crippen molar-refractivity contribution in [1.29, 1.82) is 0 Å². The molecule has 0 radical (unpaired) electrons. The molecule has 1 rings (SSSR count). The molecular formula is C14H19NO6. The predicted molar refractivity (Wildman–Crippen MR) is 73.6 cm³/mol. The Hall–Kier alpha value is -2.12. The van der Waals surface area contributed by atoms with E-state index in [0.717, 1.165) is 0 Å². The minimum atomic E-state index is -1.26. The zero-order valence-electron chi connectivity index (χ0n) is 11.9. The lowest BCUT2D eigenvalue weighted by Crippen LogP contribution is -2.34. The van der Waals surface area contributed by atoms with Crippen LogP contribution in [-0.2, 0) is 14.3 Å². The summed E-state index contributed by atoms with van der Waals surface area (Å²) >= 11 is 0. The Kier molecular flexibility index (Phi) is 6.64. The van der Waals surface area contributed by atoms with Crippen molar-refractivity contribution >= 4 is 11.9 Å². The van der Waals surface area contributed by atoms with E-state index >= 15 is 0 Å². The fraction of sp³-hybridized carbons (Fsp3) is 0.429.